The van der Waals surface area contributed by atoms with Crippen LogP contribution in [-0.2, 0) is 11.3 Å². The molecule has 0 spiro atoms. The lowest BCUT2D eigenvalue weighted by atomic mass is 10.1. The summed E-state index contributed by atoms with van der Waals surface area (Å²) < 4.78 is 0. The molecule has 0 aliphatic carbocycles. The van der Waals surface area contributed by atoms with Crippen molar-refractivity contribution in [1.29, 1.82) is 0 Å². The van der Waals surface area contributed by atoms with Gasteiger partial charge in [0.2, 0.25) is 0 Å². The van der Waals surface area contributed by atoms with E-state index in [1.165, 1.54) is 0 Å². The minimum absolute atomic E-state index is 0.530. The summed E-state index contributed by atoms with van der Waals surface area (Å²) in [5, 5.41) is 11.9. The van der Waals surface area contributed by atoms with Gasteiger partial charge in [0, 0.05) is 11.4 Å². The molecule has 1 atom stereocenters. The summed E-state index contributed by atoms with van der Waals surface area (Å²) in [6, 6.07) is 5.45. The summed E-state index contributed by atoms with van der Waals surface area (Å²) in [6.45, 7) is 0.654. The van der Waals surface area contributed by atoms with Crippen LogP contribution in [-0.4, -0.2) is 17.3 Å². The zero-order chi connectivity index (χ0) is 10.1. The van der Waals surface area contributed by atoms with Gasteiger partial charge in [-0.15, -0.1) is 11.8 Å². The Morgan fingerprint density at radius 3 is 3.07 bits per heavy atom. The van der Waals surface area contributed by atoms with Gasteiger partial charge in [-0.1, -0.05) is 6.07 Å². The molecule has 0 saturated carbocycles. The molecule has 1 heterocycles. The Morgan fingerprint density at radius 1 is 1.64 bits per heavy atom. The number of nitrogens with one attached hydrogen (secondary N) is 1. The molecule has 0 radical (unpaired) electrons. The van der Waals surface area contributed by atoms with Gasteiger partial charge in [0.15, 0.2) is 0 Å². The largest absolute Gasteiger partial charge is 0.480 e. The third kappa shape index (κ3) is 1.51. The lowest BCUT2D eigenvalue weighted by molar-refractivity contribution is -0.139. The maximum atomic E-state index is 10.9. The van der Waals surface area contributed by atoms with Crippen LogP contribution in [0.25, 0.3) is 0 Å². The quantitative estimate of drug-likeness (QED) is 0.727. The molecule has 2 N–H and O–H groups in total. The number of carbonyl (C=O) groups is 1. The zero-order valence-corrected chi connectivity index (χ0v) is 8.60. The maximum Gasteiger partial charge on any atom is 0.325 e. The Kier molecular flexibility index (Phi) is 2.48. The van der Waals surface area contributed by atoms with E-state index in [9.17, 15) is 4.79 Å². The van der Waals surface area contributed by atoms with Crippen molar-refractivity contribution in [3.63, 3.8) is 0 Å². The van der Waals surface area contributed by atoms with E-state index in [-0.39, 0.29) is 0 Å². The molecular weight excluding hydrogens is 198 g/mol. The van der Waals surface area contributed by atoms with Crippen LogP contribution in [0.15, 0.2) is 23.1 Å². The first-order valence-corrected chi connectivity index (χ1v) is 5.58. The molecule has 0 saturated heterocycles. The number of carboxylic acids is 1. The first-order chi connectivity index (χ1) is 6.72. The van der Waals surface area contributed by atoms with Gasteiger partial charge in [-0.3, -0.25) is 10.1 Å². The molecule has 2 rings (SSSR count). The highest BCUT2D eigenvalue weighted by Gasteiger charge is 2.27. The van der Waals surface area contributed by atoms with Gasteiger partial charge in [-0.25, -0.2) is 0 Å². The van der Waals surface area contributed by atoms with Gasteiger partial charge in [-0.2, -0.15) is 0 Å². The third-order valence-corrected chi connectivity index (χ3v) is 3.13. The van der Waals surface area contributed by atoms with Crippen molar-refractivity contribution < 1.29 is 9.90 Å². The van der Waals surface area contributed by atoms with E-state index in [0.29, 0.717) is 6.54 Å². The van der Waals surface area contributed by atoms with E-state index in [0.717, 1.165) is 16.0 Å². The molecule has 1 aromatic rings. The topological polar surface area (TPSA) is 49.3 Å². The molecular formula is C10H11NO2S. The van der Waals surface area contributed by atoms with Crippen LogP contribution in [0.4, 0.5) is 0 Å². The molecule has 1 aromatic carbocycles. The number of hydrogen-bond acceptors (Lipinski definition) is 3. The molecule has 14 heavy (non-hydrogen) atoms. The van der Waals surface area contributed by atoms with Crippen LogP contribution in [0.3, 0.4) is 0 Å². The van der Waals surface area contributed by atoms with Crippen molar-refractivity contribution in [1.82, 2.24) is 5.32 Å². The number of benzene rings is 1. The normalized spacial score (nSPS) is 19.4. The average Bonchev–Trinajstić information content (AvgIpc) is 2.59. The van der Waals surface area contributed by atoms with E-state index < -0.39 is 12.0 Å². The summed E-state index contributed by atoms with van der Waals surface area (Å²) >= 11 is 1.63. The van der Waals surface area contributed by atoms with Gasteiger partial charge < -0.3 is 5.11 Å². The molecule has 1 aliphatic heterocycles. The molecule has 3 nitrogen and oxygen atoms in total. The summed E-state index contributed by atoms with van der Waals surface area (Å²) in [5.41, 5.74) is 2.00. The van der Waals surface area contributed by atoms with Crippen LogP contribution < -0.4 is 5.32 Å². The number of fused-ring (bicyclic) bond motifs is 1. The molecule has 0 amide bonds. The Bertz CT molecular complexity index is 378. The minimum atomic E-state index is -0.804. The van der Waals surface area contributed by atoms with Crippen LogP contribution >= 0.6 is 11.8 Å². The molecule has 0 unspecified atom stereocenters. The molecule has 4 heteroatoms. The van der Waals surface area contributed by atoms with Crippen molar-refractivity contribution in [2.24, 2.45) is 0 Å². The smallest absolute Gasteiger partial charge is 0.325 e. The first kappa shape index (κ1) is 9.55. The van der Waals surface area contributed by atoms with Crippen LogP contribution in [0.2, 0.25) is 0 Å². The molecule has 74 valence electrons. The van der Waals surface area contributed by atoms with Gasteiger partial charge >= 0.3 is 5.97 Å². The second-order valence-electron chi connectivity index (χ2n) is 3.22. The van der Waals surface area contributed by atoms with Crippen molar-refractivity contribution in [3.8, 4) is 0 Å². The number of hydrogen-bond donors (Lipinski definition) is 2. The number of carboxylic acid groups (broad SMARTS) is 1. The zero-order valence-electron chi connectivity index (χ0n) is 7.78. The van der Waals surface area contributed by atoms with Gasteiger partial charge in [0.05, 0.1) is 0 Å². The Balaban J connectivity index is 2.41. The van der Waals surface area contributed by atoms with E-state index in [1.54, 1.807) is 11.8 Å². The highest BCUT2D eigenvalue weighted by Crippen LogP contribution is 2.29. The fraction of sp³-hybridized carbons (Fsp3) is 0.300. The van der Waals surface area contributed by atoms with Crippen LogP contribution in [0.1, 0.15) is 17.2 Å². The fourth-order valence-corrected chi connectivity index (χ4v) is 2.12. The summed E-state index contributed by atoms with van der Waals surface area (Å²) in [4.78, 5) is 12.0. The molecule has 1 aliphatic rings. The highest BCUT2D eigenvalue weighted by molar-refractivity contribution is 7.98. The van der Waals surface area contributed by atoms with Gasteiger partial charge in [-0.05, 0) is 29.5 Å². The highest BCUT2D eigenvalue weighted by atomic mass is 32.2. The van der Waals surface area contributed by atoms with E-state index in [1.807, 2.05) is 24.5 Å². The average molecular weight is 209 g/mol. The second kappa shape index (κ2) is 3.63. The van der Waals surface area contributed by atoms with Crippen molar-refractivity contribution in [2.45, 2.75) is 17.5 Å². The standard InChI is InChI=1S/C10H11NO2S/c1-14-7-3-2-6-5-11-9(10(12)13)8(6)4-7/h2-4,9,11H,5H2,1H3,(H,12,13)/t9-/m1/s1. The predicted octanol–water partition coefficient (Wildman–Crippen LogP) is 1.64. The fourth-order valence-electron chi connectivity index (χ4n) is 1.67. The third-order valence-electron chi connectivity index (χ3n) is 2.41. The van der Waals surface area contributed by atoms with Crippen LogP contribution in [0, 0.1) is 0 Å². The predicted molar refractivity (Wildman–Crippen MR) is 55.4 cm³/mol. The monoisotopic (exact) mass is 209 g/mol. The van der Waals surface area contributed by atoms with Crippen molar-refractivity contribution in [2.75, 3.05) is 6.26 Å². The molecule has 0 bridgehead atoms. The Hall–Kier alpha value is -1.00. The van der Waals surface area contributed by atoms with Crippen molar-refractivity contribution in [3.05, 3.63) is 29.3 Å². The van der Waals surface area contributed by atoms with Crippen molar-refractivity contribution >= 4 is 17.7 Å². The Labute approximate surface area is 86.5 Å². The number of thioether (sulfide) groups is 1. The molecule has 0 aromatic heterocycles. The second-order valence-corrected chi connectivity index (χ2v) is 4.10. The lowest BCUT2D eigenvalue weighted by Crippen LogP contribution is -2.21. The SMILES string of the molecule is CSc1ccc2c(c1)[C@H](C(=O)O)NC2. The summed E-state index contributed by atoms with van der Waals surface area (Å²) in [6.07, 6.45) is 1.99. The molecule has 0 fully saturated rings. The first-order valence-electron chi connectivity index (χ1n) is 4.35. The van der Waals surface area contributed by atoms with Gasteiger partial charge in [0.1, 0.15) is 6.04 Å². The van der Waals surface area contributed by atoms with Crippen LogP contribution in [0.5, 0.6) is 0 Å². The lowest BCUT2D eigenvalue weighted by Gasteiger charge is -2.06. The minimum Gasteiger partial charge on any atom is -0.480 e. The van der Waals surface area contributed by atoms with Gasteiger partial charge in [0.25, 0.3) is 0 Å². The maximum absolute atomic E-state index is 10.9. The number of rotatable bonds is 2. The van der Waals surface area contributed by atoms with E-state index in [4.69, 9.17) is 5.11 Å². The summed E-state index contributed by atoms with van der Waals surface area (Å²) in [5.74, 6) is -0.804. The Morgan fingerprint density at radius 2 is 2.43 bits per heavy atom. The van der Waals surface area contributed by atoms with E-state index in [2.05, 4.69) is 5.32 Å². The van der Waals surface area contributed by atoms with E-state index >= 15 is 0 Å². The number of aliphatic carboxylic acids is 1. The summed E-state index contributed by atoms with van der Waals surface area (Å²) in [7, 11) is 0.